The van der Waals surface area contributed by atoms with Gasteiger partial charge in [0, 0.05) is 25.3 Å². The number of rotatable bonds is 2. The summed E-state index contributed by atoms with van der Waals surface area (Å²) in [5, 5.41) is 0.294. The lowest BCUT2D eigenvalue weighted by Gasteiger charge is -2.27. The predicted molar refractivity (Wildman–Crippen MR) is 74.7 cm³/mol. The number of pyridine rings is 1. The molecular formula is C12H18ClN3O2S. The van der Waals surface area contributed by atoms with E-state index in [-0.39, 0.29) is 10.9 Å². The Morgan fingerprint density at radius 2 is 2.11 bits per heavy atom. The molecule has 0 aromatic carbocycles. The van der Waals surface area contributed by atoms with E-state index < -0.39 is 10.0 Å². The molecule has 106 valence electrons. The van der Waals surface area contributed by atoms with Gasteiger partial charge in [-0.25, -0.2) is 13.4 Å². The molecule has 5 nitrogen and oxygen atoms in total. The van der Waals surface area contributed by atoms with E-state index in [1.807, 2.05) is 14.0 Å². The van der Waals surface area contributed by atoms with E-state index in [0.29, 0.717) is 11.7 Å². The van der Waals surface area contributed by atoms with Gasteiger partial charge in [-0.15, -0.1) is 0 Å². The van der Waals surface area contributed by atoms with Crippen molar-refractivity contribution in [2.24, 2.45) is 0 Å². The number of hydrogen-bond donors (Lipinski definition) is 0. The van der Waals surface area contributed by atoms with Gasteiger partial charge in [-0.2, -0.15) is 4.31 Å². The number of hydrogen-bond acceptors (Lipinski definition) is 4. The Morgan fingerprint density at radius 1 is 1.37 bits per heavy atom. The highest BCUT2D eigenvalue weighted by molar-refractivity contribution is 7.89. The molecule has 19 heavy (non-hydrogen) atoms. The van der Waals surface area contributed by atoms with E-state index in [4.69, 9.17) is 11.6 Å². The van der Waals surface area contributed by atoms with E-state index in [9.17, 15) is 8.42 Å². The Labute approximate surface area is 119 Å². The molecule has 0 aliphatic carbocycles. The summed E-state index contributed by atoms with van der Waals surface area (Å²) in [4.78, 5) is 6.21. The van der Waals surface area contributed by atoms with Crippen LogP contribution in [0.3, 0.4) is 0 Å². The maximum absolute atomic E-state index is 12.6. The summed E-state index contributed by atoms with van der Waals surface area (Å²) in [6, 6.07) is 2.96. The third kappa shape index (κ3) is 3.25. The average molecular weight is 304 g/mol. The van der Waals surface area contributed by atoms with Gasteiger partial charge in [0.25, 0.3) is 0 Å². The molecule has 1 aliphatic rings. The molecule has 0 N–H and O–H groups in total. The van der Waals surface area contributed by atoms with Crippen molar-refractivity contribution in [2.75, 3.05) is 26.7 Å². The number of likely N-dealkylation sites (N-methyl/N-ethyl adjacent to an activating group) is 1. The van der Waals surface area contributed by atoms with Crippen LogP contribution in [0.1, 0.15) is 13.3 Å². The fraction of sp³-hybridized carbons (Fsp3) is 0.583. The summed E-state index contributed by atoms with van der Waals surface area (Å²) in [5.74, 6) is 0. The summed E-state index contributed by atoms with van der Waals surface area (Å²) < 4.78 is 26.7. The van der Waals surface area contributed by atoms with Crippen molar-refractivity contribution in [3.63, 3.8) is 0 Å². The van der Waals surface area contributed by atoms with Crippen molar-refractivity contribution in [3.05, 3.63) is 23.5 Å². The molecule has 0 bridgehead atoms. The number of sulfonamides is 1. The normalized spacial score (nSPS) is 23.2. The maximum atomic E-state index is 12.6. The van der Waals surface area contributed by atoms with Crippen molar-refractivity contribution >= 4 is 21.6 Å². The summed E-state index contributed by atoms with van der Waals surface area (Å²) in [5.41, 5.74) is 0. The fourth-order valence-electron chi connectivity index (χ4n) is 2.36. The summed E-state index contributed by atoms with van der Waals surface area (Å²) >= 11 is 5.70. The van der Waals surface area contributed by atoms with Crippen molar-refractivity contribution in [2.45, 2.75) is 24.3 Å². The van der Waals surface area contributed by atoms with Crippen LogP contribution in [0, 0.1) is 0 Å². The van der Waals surface area contributed by atoms with E-state index in [2.05, 4.69) is 9.88 Å². The monoisotopic (exact) mass is 303 g/mol. The van der Waals surface area contributed by atoms with Crippen LogP contribution >= 0.6 is 11.6 Å². The topological polar surface area (TPSA) is 53.5 Å². The zero-order valence-corrected chi connectivity index (χ0v) is 12.7. The molecule has 2 rings (SSSR count). The molecule has 1 unspecified atom stereocenters. The largest absolute Gasteiger partial charge is 0.305 e. The Hall–Kier alpha value is -0.690. The minimum atomic E-state index is -3.49. The Kier molecular flexibility index (Phi) is 4.45. The molecule has 1 aromatic rings. The van der Waals surface area contributed by atoms with Gasteiger partial charge in [-0.1, -0.05) is 11.6 Å². The number of aromatic nitrogens is 1. The van der Waals surface area contributed by atoms with Crippen LogP contribution in [0.25, 0.3) is 0 Å². The Bertz CT molecular complexity index is 532. The van der Waals surface area contributed by atoms with Crippen LogP contribution in [-0.2, 0) is 10.0 Å². The second-order valence-electron chi connectivity index (χ2n) is 4.90. The van der Waals surface area contributed by atoms with Gasteiger partial charge in [0.1, 0.15) is 10.0 Å². The van der Waals surface area contributed by atoms with Gasteiger partial charge < -0.3 is 4.90 Å². The molecule has 0 saturated carbocycles. The smallest absolute Gasteiger partial charge is 0.244 e. The number of nitrogens with zero attached hydrogens (tertiary/aromatic N) is 3. The molecule has 7 heteroatoms. The summed E-state index contributed by atoms with van der Waals surface area (Å²) in [6.45, 7) is 4.12. The third-order valence-corrected chi connectivity index (χ3v) is 5.51. The van der Waals surface area contributed by atoms with Gasteiger partial charge >= 0.3 is 0 Å². The van der Waals surface area contributed by atoms with E-state index in [0.717, 1.165) is 19.5 Å². The second-order valence-corrected chi connectivity index (χ2v) is 7.18. The van der Waals surface area contributed by atoms with Crippen LogP contribution in [-0.4, -0.2) is 55.3 Å². The quantitative estimate of drug-likeness (QED) is 0.776. The van der Waals surface area contributed by atoms with Crippen molar-refractivity contribution in [3.8, 4) is 0 Å². The summed E-state index contributed by atoms with van der Waals surface area (Å²) in [7, 11) is -1.48. The Balaban J connectivity index is 2.30. The molecule has 1 aromatic heterocycles. The highest BCUT2D eigenvalue weighted by Crippen LogP contribution is 2.21. The molecule has 0 amide bonds. The molecule has 1 aliphatic heterocycles. The highest BCUT2D eigenvalue weighted by atomic mass is 35.5. The first-order valence-electron chi connectivity index (χ1n) is 6.23. The van der Waals surface area contributed by atoms with E-state index in [1.54, 1.807) is 4.31 Å². The van der Waals surface area contributed by atoms with E-state index in [1.165, 1.54) is 18.3 Å². The van der Waals surface area contributed by atoms with Gasteiger partial charge in [0.2, 0.25) is 10.0 Å². The van der Waals surface area contributed by atoms with Gasteiger partial charge in [-0.3, -0.25) is 0 Å². The first-order chi connectivity index (χ1) is 8.91. The zero-order chi connectivity index (χ0) is 14.0. The fourth-order valence-corrected chi connectivity index (χ4v) is 4.08. The molecule has 0 spiro atoms. The molecule has 1 saturated heterocycles. The van der Waals surface area contributed by atoms with Gasteiger partial charge in [-0.05, 0) is 39.1 Å². The SMILES string of the molecule is CC1CN(C)CCCN1S(=O)(=O)c1ccc(Cl)nc1. The molecule has 1 fully saturated rings. The van der Waals surface area contributed by atoms with E-state index >= 15 is 0 Å². The highest BCUT2D eigenvalue weighted by Gasteiger charge is 2.31. The standard InChI is InChI=1S/C12H18ClN3O2S/c1-10-9-15(2)6-3-7-16(10)19(17,18)11-4-5-12(13)14-8-11/h4-5,8,10H,3,6-7,9H2,1-2H3. The summed E-state index contributed by atoms with van der Waals surface area (Å²) in [6.07, 6.45) is 2.15. The average Bonchev–Trinajstić information content (AvgIpc) is 2.50. The van der Waals surface area contributed by atoms with Crippen LogP contribution < -0.4 is 0 Å². The maximum Gasteiger partial charge on any atom is 0.244 e. The predicted octanol–water partition coefficient (Wildman–Crippen LogP) is 1.45. The van der Waals surface area contributed by atoms with Crippen LogP contribution in [0.15, 0.2) is 23.2 Å². The van der Waals surface area contributed by atoms with Gasteiger partial charge in [0.05, 0.1) is 0 Å². The van der Waals surface area contributed by atoms with Crippen LogP contribution in [0.4, 0.5) is 0 Å². The molecular weight excluding hydrogens is 286 g/mol. The lowest BCUT2D eigenvalue weighted by atomic mass is 10.3. The molecule has 2 heterocycles. The van der Waals surface area contributed by atoms with Crippen LogP contribution in [0.5, 0.6) is 0 Å². The van der Waals surface area contributed by atoms with Crippen LogP contribution in [0.2, 0.25) is 5.15 Å². The van der Waals surface area contributed by atoms with Crippen molar-refractivity contribution in [1.82, 2.24) is 14.2 Å². The minimum Gasteiger partial charge on any atom is -0.305 e. The minimum absolute atomic E-state index is 0.0480. The van der Waals surface area contributed by atoms with Crippen molar-refractivity contribution in [1.29, 1.82) is 0 Å². The van der Waals surface area contributed by atoms with Crippen molar-refractivity contribution < 1.29 is 8.42 Å². The first-order valence-corrected chi connectivity index (χ1v) is 8.05. The number of halogens is 1. The first kappa shape index (κ1) is 14.7. The second kappa shape index (κ2) is 5.75. The third-order valence-electron chi connectivity index (χ3n) is 3.29. The zero-order valence-electron chi connectivity index (χ0n) is 11.1. The lowest BCUT2D eigenvalue weighted by molar-refractivity contribution is 0.290. The Morgan fingerprint density at radius 3 is 2.74 bits per heavy atom. The molecule has 1 atom stereocenters. The van der Waals surface area contributed by atoms with Gasteiger partial charge in [0.15, 0.2) is 0 Å². The molecule has 0 radical (unpaired) electrons. The lowest BCUT2D eigenvalue weighted by Crippen LogP contribution is -2.41.